The first kappa shape index (κ1) is 22.4. The van der Waals surface area contributed by atoms with Crippen LogP contribution in [0.25, 0.3) is 16.7 Å². The zero-order chi connectivity index (χ0) is 24.5. The highest BCUT2D eigenvalue weighted by Gasteiger charge is 2.46. The van der Waals surface area contributed by atoms with Crippen LogP contribution < -0.4 is 4.74 Å². The van der Waals surface area contributed by atoms with E-state index in [4.69, 9.17) is 4.74 Å². The van der Waals surface area contributed by atoms with Gasteiger partial charge in [0.1, 0.15) is 17.3 Å². The van der Waals surface area contributed by atoms with Gasteiger partial charge in [-0.25, -0.2) is 4.39 Å². The third kappa shape index (κ3) is 4.05. The standard InChI is InChI=1S/C28H23FN2O4/c1-35-21-6-4-5-18(15-21)25-24(26(32)17-9-11-20(29)12-10-17)27(33)28(34)31(25)14-13-19-16-30-23-8-3-2-7-22(19)23/h2-12,15-16,25,30,32H,13-14H2,1H3/b26-24+. The SMILES string of the molecule is COc1cccc(C2/C(=C(\O)c3ccc(F)cc3)C(=O)C(=O)N2CCc2c[nH]c3ccccc23)c1. The van der Waals surface area contributed by atoms with Gasteiger partial charge in [-0.15, -0.1) is 0 Å². The molecule has 7 heteroatoms. The molecule has 1 atom stereocenters. The van der Waals surface area contributed by atoms with Gasteiger partial charge in [0.2, 0.25) is 0 Å². The molecule has 5 rings (SSSR count). The molecule has 0 saturated carbocycles. The number of fused-ring (bicyclic) bond motifs is 1. The number of nitrogens with zero attached hydrogens (tertiary/aromatic N) is 1. The third-order valence-corrected chi connectivity index (χ3v) is 6.36. The third-order valence-electron chi connectivity index (χ3n) is 6.36. The Morgan fingerprint density at radius 3 is 2.60 bits per heavy atom. The number of hydrogen-bond acceptors (Lipinski definition) is 4. The Bertz CT molecular complexity index is 1460. The van der Waals surface area contributed by atoms with E-state index in [0.717, 1.165) is 16.5 Å². The highest BCUT2D eigenvalue weighted by atomic mass is 19.1. The van der Waals surface area contributed by atoms with Crippen LogP contribution in [0.15, 0.2) is 84.6 Å². The number of benzene rings is 3. The van der Waals surface area contributed by atoms with E-state index in [2.05, 4.69) is 4.98 Å². The molecule has 35 heavy (non-hydrogen) atoms. The van der Waals surface area contributed by atoms with E-state index in [1.807, 2.05) is 30.5 Å². The number of aliphatic hydroxyl groups is 1. The lowest BCUT2D eigenvalue weighted by Crippen LogP contribution is -2.31. The molecule has 2 heterocycles. The molecule has 1 aromatic heterocycles. The smallest absolute Gasteiger partial charge is 0.295 e. The molecule has 0 bridgehead atoms. The van der Waals surface area contributed by atoms with E-state index in [1.165, 1.54) is 36.3 Å². The molecule has 1 aliphatic heterocycles. The first-order valence-corrected chi connectivity index (χ1v) is 11.2. The van der Waals surface area contributed by atoms with Crippen LogP contribution in [0.3, 0.4) is 0 Å². The first-order valence-electron chi connectivity index (χ1n) is 11.2. The maximum atomic E-state index is 13.5. The molecule has 1 fully saturated rings. The Kier molecular flexibility index (Phi) is 5.82. The number of halogens is 1. The predicted molar refractivity (Wildman–Crippen MR) is 130 cm³/mol. The van der Waals surface area contributed by atoms with Crippen LogP contribution in [0.1, 0.15) is 22.7 Å². The number of rotatable bonds is 6. The van der Waals surface area contributed by atoms with Gasteiger partial charge in [0, 0.05) is 29.2 Å². The number of methoxy groups -OCH3 is 1. The molecule has 1 aliphatic rings. The number of ether oxygens (including phenoxy) is 1. The fraction of sp³-hybridized carbons (Fsp3) is 0.143. The average Bonchev–Trinajstić information content (AvgIpc) is 3.41. The number of aromatic amines is 1. The molecule has 0 spiro atoms. The lowest BCUT2D eigenvalue weighted by Gasteiger charge is -2.25. The number of hydrogen-bond donors (Lipinski definition) is 2. The van der Waals surface area contributed by atoms with Crippen molar-refractivity contribution in [3.8, 4) is 5.75 Å². The van der Waals surface area contributed by atoms with E-state index in [-0.39, 0.29) is 23.4 Å². The van der Waals surface area contributed by atoms with Gasteiger partial charge in [-0.05, 0) is 60.0 Å². The number of aromatic nitrogens is 1. The molecule has 3 aromatic carbocycles. The van der Waals surface area contributed by atoms with Gasteiger partial charge in [-0.2, -0.15) is 0 Å². The van der Waals surface area contributed by atoms with Crippen molar-refractivity contribution in [2.75, 3.05) is 13.7 Å². The summed E-state index contributed by atoms with van der Waals surface area (Å²) < 4.78 is 18.8. The second-order valence-corrected chi connectivity index (χ2v) is 8.39. The number of amides is 1. The Hall–Kier alpha value is -4.39. The summed E-state index contributed by atoms with van der Waals surface area (Å²) >= 11 is 0. The maximum absolute atomic E-state index is 13.5. The Morgan fingerprint density at radius 2 is 1.83 bits per heavy atom. The van der Waals surface area contributed by atoms with Crippen molar-refractivity contribution in [1.29, 1.82) is 0 Å². The monoisotopic (exact) mass is 470 g/mol. The molecule has 1 amide bonds. The Balaban J connectivity index is 1.58. The lowest BCUT2D eigenvalue weighted by molar-refractivity contribution is -0.139. The molecule has 1 unspecified atom stereocenters. The van der Waals surface area contributed by atoms with Gasteiger partial charge in [0.15, 0.2) is 0 Å². The van der Waals surface area contributed by atoms with Crippen molar-refractivity contribution in [2.45, 2.75) is 12.5 Å². The quantitative estimate of drug-likeness (QED) is 0.237. The van der Waals surface area contributed by atoms with Crippen molar-refractivity contribution in [1.82, 2.24) is 9.88 Å². The number of H-pyrrole nitrogens is 1. The number of aliphatic hydroxyl groups excluding tert-OH is 1. The molecule has 2 N–H and O–H groups in total. The Labute approximate surface area is 201 Å². The summed E-state index contributed by atoms with van der Waals surface area (Å²) in [6.07, 6.45) is 2.41. The van der Waals surface area contributed by atoms with E-state index >= 15 is 0 Å². The minimum absolute atomic E-state index is 0.0335. The average molecular weight is 471 g/mol. The van der Waals surface area contributed by atoms with Crippen LogP contribution in [0.5, 0.6) is 5.75 Å². The van der Waals surface area contributed by atoms with E-state index in [1.54, 1.807) is 24.3 Å². The number of Topliss-reactive ketones (excluding diaryl/α,β-unsaturated/α-hetero) is 1. The van der Waals surface area contributed by atoms with Gasteiger partial charge in [-0.1, -0.05) is 30.3 Å². The predicted octanol–water partition coefficient (Wildman–Crippen LogP) is 4.98. The van der Waals surface area contributed by atoms with Gasteiger partial charge in [0.25, 0.3) is 11.7 Å². The van der Waals surface area contributed by atoms with Gasteiger partial charge in [0.05, 0.1) is 18.7 Å². The van der Waals surface area contributed by atoms with Crippen LogP contribution in [0.4, 0.5) is 4.39 Å². The summed E-state index contributed by atoms with van der Waals surface area (Å²) in [5.41, 5.74) is 2.87. The van der Waals surface area contributed by atoms with E-state index in [0.29, 0.717) is 17.7 Å². The number of carbonyl (C=O) groups excluding carboxylic acids is 2. The minimum Gasteiger partial charge on any atom is -0.507 e. The molecule has 0 aliphatic carbocycles. The highest BCUT2D eigenvalue weighted by molar-refractivity contribution is 6.46. The van der Waals surface area contributed by atoms with Gasteiger partial charge in [-0.3, -0.25) is 9.59 Å². The second kappa shape index (κ2) is 9.10. The van der Waals surface area contributed by atoms with Crippen molar-refractivity contribution in [2.24, 2.45) is 0 Å². The summed E-state index contributed by atoms with van der Waals surface area (Å²) in [5, 5.41) is 12.1. The van der Waals surface area contributed by atoms with Crippen LogP contribution in [-0.4, -0.2) is 40.3 Å². The molecule has 0 radical (unpaired) electrons. The number of para-hydroxylation sites is 1. The van der Waals surface area contributed by atoms with Gasteiger partial charge >= 0.3 is 0 Å². The summed E-state index contributed by atoms with van der Waals surface area (Å²) in [7, 11) is 1.53. The van der Waals surface area contributed by atoms with Gasteiger partial charge < -0.3 is 19.7 Å². The normalized spacial score (nSPS) is 17.3. The van der Waals surface area contributed by atoms with Crippen LogP contribution in [-0.2, 0) is 16.0 Å². The summed E-state index contributed by atoms with van der Waals surface area (Å²) in [6, 6.07) is 19.3. The summed E-state index contributed by atoms with van der Waals surface area (Å²) in [5.74, 6) is -1.72. The fourth-order valence-electron chi connectivity index (χ4n) is 4.61. The maximum Gasteiger partial charge on any atom is 0.295 e. The largest absolute Gasteiger partial charge is 0.507 e. The minimum atomic E-state index is -0.819. The highest BCUT2D eigenvalue weighted by Crippen LogP contribution is 2.40. The van der Waals surface area contributed by atoms with Crippen LogP contribution in [0, 0.1) is 5.82 Å². The van der Waals surface area contributed by atoms with E-state index < -0.39 is 23.5 Å². The van der Waals surface area contributed by atoms with Crippen molar-refractivity contribution < 1.29 is 23.8 Å². The second-order valence-electron chi connectivity index (χ2n) is 8.39. The molecular weight excluding hydrogens is 447 g/mol. The number of ketones is 1. The zero-order valence-electron chi connectivity index (χ0n) is 19.0. The summed E-state index contributed by atoms with van der Waals surface area (Å²) in [4.78, 5) is 31.1. The summed E-state index contributed by atoms with van der Waals surface area (Å²) in [6.45, 7) is 0.258. The molecule has 176 valence electrons. The lowest BCUT2D eigenvalue weighted by atomic mass is 9.95. The molecular formula is C28H23FN2O4. The topological polar surface area (TPSA) is 82.6 Å². The number of carbonyl (C=O) groups is 2. The zero-order valence-corrected chi connectivity index (χ0v) is 19.0. The van der Waals surface area contributed by atoms with Crippen molar-refractivity contribution in [3.05, 3.63) is 107 Å². The van der Waals surface area contributed by atoms with E-state index in [9.17, 15) is 19.1 Å². The van der Waals surface area contributed by atoms with Crippen molar-refractivity contribution >= 4 is 28.4 Å². The Morgan fingerprint density at radius 1 is 1.06 bits per heavy atom. The number of likely N-dealkylation sites (tertiary alicyclic amines) is 1. The molecule has 6 nitrogen and oxygen atoms in total. The van der Waals surface area contributed by atoms with Crippen molar-refractivity contribution in [3.63, 3.8) is 0 Å². The number of nitrogens with one attached hydrogen (secondary N) is 1. The molecule has 1 saturated heterocycles. The van der Waals surface area contributed by atoms with Crippen LogP contribution in [0.2, 0.25) is 0 Å². The first-order chi connectivity index (χ1) is 17.0. The fourth-order valence-corrected chi connectivity index (χ4v) is 4.61. The molecule has 4 aromatic rings. The van der Waals surface area contributed by atoms with Crippen LogP contribution >= 0.6 is 0 Å².